The SMILES string of the molecule is CCN(CC)C(C)(C)[O]. The van der Waals surface area contributed by atoms with Gasteiger partial charge in [0.2, 0.25) is 0 Å². The van der Waals surface area contributed by atoms with Crippen molar-refractivity contribution in [3.05, 3.63) is 0 Å². The molecule has 0 aromatic heterocycles. The quantitative estimate of drug-likeness (QED) is 0.531. The van der Waals surface area contributed by atoms with Crippen LogP contribution in [0.3, 0.4) is 0 Å². The molecule has 0 aromatic rings. The minimum absolute atomic E-state index is 0.840. The summed E-state index contributed by atoms with van der Waals surface area (Å²) in [4.78, 5) is 1.88. The van der Waals surface area contributed by atoms with Gasteiger partial charge in [0.25, 0.3) is 0 Å². The molecular formula is C7H16NO. The molecule has 0 aromatic carbocycles. The van der Waals surface area contributed by atoms with Gasteiger partial charge in [0.1, 0.15) is 0 Å². The Kier molecular flexibility index (Phi) is 3.15. The molecule has 0 heterocycles. The average Bonchev–Trinajstić information content (AvgIpc) is 1.65. The molecule has 0 aliphatic rings. The Morgan fingerprint density at radius 2 is 1.56 bits per heavy atom. The molecule has 2 nitrogen and oxygen atoms in total. The first-order valence-electron chi connectivity index (χ1n) is 3.47. The van der Waals surface area contributed by atoms with Crippen molar-refractivity contribution < 1.29 is 5.11 Å². The van der Waals surface area contributed by atoms with Crippen LogP contribution in [0.1, 0.15) is 27.7 Å². The van der Waals surface area contributed by atoms with E-state index in [4.69, 9.17) is 0 Å². The van der Waals surface area contributed by atoms with Crippen LogP contribution < -0.4 is 0 Å². The van der Waals surface area contributed by atoms with Crippen molar-refractivity contribution in [1.82, 2.24) is 4.90 Å². The minimum atomic E-state index is -0.899. The van der Waals surface area contributed by atoms with E-state index >= 15 is 0 Å². The smallest absolute Gasteiger partial charge is 0.151 e. The molecule has 0 rings (SSSR count). The van der Waals surface area contributed by atoms with E-state index < -0.39 is 5.72 Å². The third kappa shape index (κ3) is 2.82. The van der Waals surface area contributed by atoms with Crippen LogP contribution in [0.25, 0.3) is 0 Å². The Balaban J connectivity index is 3.79. The van der Waals surface area contributed by atoms with E-state index in [0.717, 1.165) is 13.1 Å². The van der Waals surface area contributed by atoms with Crippen LogP contribution >= 0.6 is 0 Å². The molecule has 0 atom stereocenters. The molecule has 55 valence electrons. The fourth-order valence-electron chi connectivity index (χ4n) is 0.985. The zero-order valence-electron chi connectivity index (χ0n) is 6.77. The van der Waals surface area contributed by atoms with Crippen LogP contribution in [-0.2, 0) is 5.11 Å². The Morgan fingerprint density at radius 3 is 1.56 bits per heavy atom. The molecule has 0 saturated heterocycles. The number of hydrogen-bond acceptors (Lipinski definition) is 1. The van der Waals surface area contributed by atoms with E-state index in [1.807, 2.05) is 18.7 Å². The molecule has 0 amide bonds. The molecular weight excluding hydrogens is 114 g/mol. The van der Waals surface area contributed by atoms with Gasteiger partial charge in [-0.3, -0.25) is 4.90 Å². The van der Waals surface area contributed by atoms with Crippen LogP contribution in [0.5, 0.6) is 0 Å². The van der Waals surface area contributed by atoms with Gasteiger partial charge in [0, 0.05) is 0 Å². The molecule has 0 fully saturated rings. The maximum atomic E-state index is 11.2. The Labute approximate surface area is 57.5 Å². The fraction of sp³-hybridized carbons (Fsp3) is 1.00. The third-order valence-electron chi connectivity index (χ3n) is 1.52. The zero-order valence-corrected chi connectivity index (χ0v) is 6.77. The summed E-state index contributed by atoms with van der Waals surface area (Å²) < 4.78 is 0. The van der Waals surface area contributed by atoms with Crippen molar-refractivity contribution in [3.8, 4) is 0 Å². The minimum Gasteiger partial charge on any atom is -0.274 e. The van der Waals surface area contributed by atoms with Crippen molar-refractivity contribution in [2.24, 2.45) is 0 Å². The van der Waals surface area contributed by atoms with E-state index in [2.05, 4.69) is 0 Å². The molecule has 0 spiro atoms. The lowest BCUT2D eigenvalue weighted by molar-refractivity contribution is -0.123. The van der Waals surface area contributed by atoms with Crippen LogP contribution in [0, 0.1) is 0 Å². The third-order valence-corrected chi connectivity index (χ3v) is 1.52. The molecule has 0 saturated carbocycles. The molecule has 0 bridgehead atoms. The van der Waals surface area contributed by atoms with Gasteiger partial charge in [-0.1, -0.05) is 13.8 Å². The van der Waals surface area contributed by atoms with E-state index in [1.165, 1.54) is 0 Å². The predicted molar refractivity (Wildman–Crippen MR) is 37.7 cm³/mol. The summed E-state index contributed by atoms with van der Waals surface area (Å²) in [5, 5.41) is 11.2. The van der Waals surface area contributed by atoms with Crippen LogP contribution in [-0.4, -0.2) is 23.7 Å². The van der Waals surface area contributed by atoms with Crippen molar-refractivity contribution in [3.63, 3.8) is 0 Å². The Bertz CT molecular complexity index is 71.5. The average molecular weight is 130 g/mol. The normalized spacial score (nSPS) is 12.7. The van der Waals surface area contributed by atoms with Gasteiger partial charge in [0.15, 0.2) is 5.72 Å². The summed E-state index contributed by atoms with van der Waals surface area (Å²) in [5.41, 5.74) is -0.899. The highest BCUT2D eigenvalue weighted by Crippen LogP contribution is 2.08. The van der Waals surface area contributed by atoms with Gasteiger partial charge in [-0.2, -0.15) is 0 Å². The molecule has 0 aliphatic carbocycles. The summed E-state index contributed by atoms with van der Waals surface area (Å²) in [7, 11) is 0. The monoisotopic (exact) mass is 130 g/mol. The summed E-state index contributed by atoms with van der Waals surface area (Å²) in [6.07, 6.45) is 0. The maximum Gasteiger partial charge on any atom is 0.151 e. The Morgan fingerprint density at radius 1 is 1.22 bits per heavy atom. The molecule has 0 aliphatic heterocycles. The molecule has 1 radical (unpaired) electrons. The second kappa shape index (κ2) is 3.18. The largest absolute Gasteiger partial charge is 0.274 e. The highest BCUT2D eigenvalue weighted by molar-refractivity contribution is 4.64. The second-order valence-corrected chi connectivity index (χ2v) is 2.62. The molecule has 0 unspecified atom stereocenters. The lowest BCUT2D eigenvalue weighted by Crippen LogP contribution is -2.42. The van der Waals surface area contributed by atoms with Gasteiger partial charge in [-0.25, -0.2) is 5.11 Å². The number of hydrogen-bond donors (Lipinski definition) is 0. The summed E-state index contributed by atoms with van der Waals surface area (Å²) in [6.45, 7) is 9.08. The molecule has 2 heteroatoms. The first-order valence-corrected chi connectivity index (χ1v) is 3.47. The topological polar surface area (TPSA) is 23.1 Å². The van der Waals surface area contributed by atoms with Crippen molar-refractivity contribution in [2.75, 3.05) is 13.1 Å². The number of nitrogens with zero attached hydrogens (tertiary/aromatic N) is 1. The standard InChI is InChI=1S/C7H16NO/c1-5-8(6-2)7(3,4)9/h5-6H2,1-4H3. The lowest BCUT2D eigenvalue weighted by atomic mass is 10.2. The highest BCUT2D eigenvalue weighted by Gasteiger charge is 2.21. The van der Waals surface area contributed by atoms with Crippen LogP contribution in [0.2, 0.25) is 0 Å². The first kappa shape index (κ1) is 8.92. The summed E-state index contributed by atoms with van der Waals surface area (Å²) in [5.74, 6) is 0. The van der Waals surface area contributed by atoms with E-state index in [1.54, 1.807) is 13.8 Å². The zero-order chi connectivity index (χ0) is 7.49. The van der Waals surface area contributed by atoms with Gasteiger partial charge in [-0.05, 0) is 26.9 Å². The summed E-state index contributed by atoms with van der Waals surface area (Å²) >= 11 is 0. The highest BCUT2D eigenvalue weighted by atomic mass is 16.3. The van der Waals surface area contributed by atoms with Crippen LogP contribution in [0.4, 0.5) is 0 Å². The van der Waals surface area contributed by atoms with E-state index in [0.29, 0.717) is 0 Å². The predicted octanol–water partition coefficient (Wildman–Crippen LogP) is 1.49. The lowest BCUT2D eigenvalue weighted by Gasteiger charge is -2.29. The van der Waals surface area contributed by atoms with Crippen molar-refractivity contribution in [1.29, 1.82) is 0 Å². The summed E-state index contributed by atoms with van der Waals surface area (Å²) in [6, 6.07) is 0. The van der Waals surface area contributed by atoms with Gasteiger partial charge in [0.05, 0.1) is 0 Å². The van der Waals surface area contributed by atoms with Gasteiger partial charge >= 0.3 is 0 Å². The molecule has 0 N–H and O–H groups in total. The van der Waals surface area contributed by atoms with E-state index in [9.17, 15) is 5.11 Å². The van der Waals surface area contributed by atoms with Gasteiger partial charge < -0.3 is 0 Å². The Hall–Kier alpha value is -0.0800. The molecule has 9 heavy (non-hydrogen) atoms. The maximum absolute atomic E-state index is 11.2. The first-order chi connectivity index (χ1) is 4.02. The van der Waals surface area contributed by atoms with Crippen LogP contribution in [0.15, 0.2) is 0 Å². The van der Waals surface area contributed by atoms with Crippen molar-refractivity contribution in [2.45, 2.75) is 33.4 Å². The fourth-order valence-corrected chi connectivity index (χ4v) is 0.985. The van der Waals surface area contributed by atoms with Gasteiger partial charge in [-0.15, -0.1) is 0 Å². The van der Waals surface area contributed by atoms with Crippen molar-refractivity contribution >= 4 is 0 Å². The number of rotatable bonds is 3. The van der Waals surface area contributed by atoms with E-state index in [-0.39, 0.29) is 0 Å². The second-order valence-electron chi connectivity index (χ2n) is 2.62.